The number of aromatic nitrogens is 4. The van der Waals surface area contributed by atoms with E-state index in [1.165, 1.54) is 302 Å². The lowest BCUT2D eigenvalue weighted by Gasteiger charge is -2.22. The molecule has 8 rings (SSSR count). The van der Waals surface area contributed by atoms with Crippen LogP contribution in [0.2, 0.25) is 0 Å². The van der Waals surface area contributed by atoms with Crippen LogP contribution >= 0.6 is 57.1 Å². The van der Waals surface area contributed by atoms with Crippen LogP contribution in [-0.2, 0) is 25.9 Å². The van der Waals surface area contributed by atoms with Crippen LogP contribution in [0.5, 0.6) is 0 Å². The van der Waals surface area contributed by atoms with E-state index in [9.17, 15) is 9.59 Å². The lowest BCUT2D eigenvalue weighted by atomic mass is 9.94. The minimum Gasteiger partial charge on any atom is -0.337 e. The summed E-state index contributed by atoms with van der Waals surface area (Å²) >= 11 is 8.84. The lowest BCUT2D eigenvalue weighted by Crippen LogP contribution is -2.14. The van der Waals surface area contributed by atoms with Crippen molar-refractivity contribution in [3.8, 4) is 0 Å². The summed E-state index contributed by atoms with van der Waals surface area (Å²) in [7, 11) is 0. The summed E-state index contributed by atoms with van der Waals surface area (Å²) in [6.45, 7) is 15.9. The number of unbranched alkanes of at least 4 members (excludes halogenated alkanes) is 24. The maximum Gasteiger partial charge on any atom is 0.160 e. The predicted octanol–water partition coefficient (Wildman–Crippen LogP) is 23.8. The molecule has 424 valence electrons. The van der Waals surface area contributed by atoms with E-state index < -0.39 is 0 Å². The van der Waals surface area contributed by atoms with Crippen LogP contribution in [0.4, 0.5) is 0 Å². The maximum absolute atomic E-state index is 13.2. The molecule has 8 aromatic rings. The van der Waals surface area contributed by atoms with Gasteiger partial charge in [-0.1, -0.05) is 221 Å². The Morgan fingerprint density at radius 2 is 0.688 bits per heavy atom. The number of thiophene rings is 4. The van der Waals surface area contributed by atoms with Gasteiger partial charge in [-0.05, 0) is 74.3 Å². The highest BCUT2D eigenvalue weighted by Crippen LogP contribution is 2.55. The number of carbonyl (C=O) groups excluding carboxylic acids is 2. The SMILES string of the molecule is CCCCCCCCCCCc1c(C=O)sc2c1sc1c3c4nsnc4c4c5sc6c(CCCCCCCCCCC)c(C=O)sc6c5n(CC(CCCC)CCCCCC)c4c3n(CC(CCCC)CCCCCC)c21. The standard InChI is InChI=1S/C66H98N4O2S5/c1-7-13-19-23-25-27-29-31-35-41-49-51(45-71)73-65-59-63(75-61(49)65)53-55-56(68-77-67-55)54-58(57(53)69(59)43-47(37-17-11-5)39-33-21-15-9-3)70(44-48(38-18-12-6)40-34-22-16-10-4)60-64(54)76-62-50(52(46-72)74-66(60)62)42-36-32-30-28-26-24-20-14-8-2/h45-48H,7-44H2,1-6H3. The number of hydrogen-bond acceptors (Lipinski definition) is 9. The second kappa shape index (κ2) is 31.5. The van der Waals surface area contributed by atoms with Crippen LogP contribution < -0.4 is 0 Å². The number of carbonyl (C=O) groups is 2. The number of nitrogens with zero attached hydrogens (tertiary/aromatic N) is 4. The van der Waals surface area contributed by atoms with Crippen LogP contribution in [0.25, 0.3) is 72.1 Å². The second-order valence-electron chi connectivity index (χ2n) is 23.5. The fourth-order valence-corrected chi connectivity index (χ4v) is 19.3. The minimum absolute atomic E-state index is 0.551. The first-order valence-corrected chi connectivity index (χ1v) is 35.9. The van der Waals surface area contributed by atoms with Gasteiger partial charge in [0.25, 0.3) is 0 Å². The highest BCUT2D eigenvalue weighted by Gasteiger charge is 2.33. The topological polar surface area (TPSA) is 69.8 Å². The van der Waals surface area contributed by atoms with Crippen LogP contribution in [0.3, 0.4) is 0 Å². The minimum atomic E-state index is 0.551. The molecule has 0 N–H and O–H groups in total. The summed E-state index contributed by atoms with van der Waals surface area (Å²) in [6, 6.07) is 0. The van der Waals surface area contributed by atoms with Gasteiger partial charge in [0, 0.05) is 23.9 Å². The molecule has 7 aromatic heterocycles. The molecule has 2 unspecified atom stereocenters. The van der Waals surface area contributed by atoms with Gasteiger partial charge in [0.15, 0.2) is 12.6 Å². The van der Waals surface area contributed by atoms with Crippen molar-refractivity contribution in [2.45, 2.75) is 286 Å². The molecule has 0 amide bonds. The van der Waals surface area contributed by atoms with Gasteiger partial charge in [-0.2, -0.15) is 8.75 Å². The zero-order chi connectivity index (χ0) is 53.9. The Labute approximate surface area is 484 Å². The first-order chi connectivity index (χ1) is 38.0. The molecule has 0 spiro atoms. The molecule has 0 aliphatic carbocycles. The van der Waals surface area contributed by atoms with Crippen molar-refractivity contribution in [2.24, 2.45) is 11.8 Å². The number of rotatable bonds is 42. The molecule has 0 bridgehead atoms. The van der Waals surface area contributed by atoms with Gasteiger partial charge in [-0.3, -0.25) is 9.59 Å². The van der Waals surface area contributed by atoms with E-state index in [0.717, 1.165) is 59.6 Å². The van der Waals surface area contributed by atoms with Gasteiger partial charge >= 0.3 is 0 Å². The molecule has 0 aliphatic heterocycles. The number of benzene rings is 1. The van der Waals surface area contributed by atoms with Crippen molar-refractivity contribution in [1.82, 2.24) is 17.9 Å². The van der Waals surface area contributed by atoms with Gasteiger partial charge in [-0.25, -0.2) is 0 Å². The summed E-state index contributed by atoms with van der Waals surface area (Å²) in [4.78, 5) is 28.3. The van der Waals surface area contributed by atoms with Crippen molar-refractivity contribution in [1.29, 1.82) is 0 Å². The van der Waals surface area contributed by atoms with Gasteiger partial charge in [0.2, 0.25) is 0 Å². The molecule has 0 radical (unpaired) electrons. The third kappa shape index (κ3) is 14.3. The number of hydrogen-bond donors (Lipinski definition) is 0. The molecule has 2 atom stereocenters. The smallest absolute Gasteiger partial charge is 0.160 e. The fourth-order valence-electron chi connectivity index (χ4n) is 13.1. The van der Waals surface area contributed by atoms with E-state index >= 15 is 0 Å². The zero-order valence-electron chi connectivity index (χ0n) is 48.8. The lowest BCUT2D eigenvalue weighted by molar-refractivity contribution is 0.111. The highest BCUT2D eigenvalue weighted by atomic mass is 32.1. The average Bonchev–Trinajstić information content (AvgIpc) is 4.50. The second-order valence-corrected chi connectivity index (χ2v) is 28.2. The van der Waals surface area contributed by atoms with Gasteiger partial charge in [0.05, 0.1) is 71.7 Å². The Morgan fingerprint density at radius 1 is 0.364 bits per heavy atom. The Balaban J connectivity index is 1.33. The van der Waals surface area contributed by atoms with Gasteiger partial charge < -0.3 is 9.13 Å². The molecule has 0 saturated heterocycles. The van der Waals surface area contributed by atoms with Crippen molar-refractivity contribution >= 4 is 142 Å². The Hall–Kier alpha value is -2.70. The Morgan fingerprint density at radius 3 is 1.04 bits per heavy atom. The van der Waals surface area contributed by atoms with Crippen molar-refractivity contribution in [2.75, 3.05) is 0 Å². The van der Waals surface area contributed by atoms with Gasteiger partial charge in [0.1, 0.15) is 11.0 Å². The monoisotopic (exact) mass is 1140 g/mol. The van der Waals surface area contributed by atoms with Crippen molar-refractivity contribution in [3.63, 3.8) is 0 Å². The molecule has 11 heteroatoms. The van der Waals surface area contributed by atoms with Crippen molar-refractivity contribution < 1.29 is 9.59 Å². The third-order valence-corrected chi connectivity index (χ3v) is 23.1. The summed E-state index contributed by atoms with van der Waals surface area (Å²) in [6.07, 6.45) is 47.8. The number of aldehydes is 2. The van der Waals surface area contributed by atoms with E-state index in [4.69, 9.17) is 8.75 Å². The fraction of sp³-hybridized carbons (Fsp3) is 0.697. The number of aryl methyl sites for hydroxylation is 2. The van der Waals surface area contributed by atoms with E-state index in [1.54, 1.807) is 22.7 Å². The molecule has 6 nitrogen and oxygen atoms in total. The first kappa shape index (κ1) is 60.4. The van der Waals surface area contributed by atoms with E-state index in [1.807, 2.05) is 22.7 Å². The summed E-state index contributed by atoms with van der Waals surface area (Å²) in [5, 5.41) is 2.57. The molecule has 1 aromatic carbocycles. The molecule has 0 saturated carbocycles. The molecular formula is C66H98N4O2S5. The predicted molar refractivity (Wildman–Crippen MR) is 346 cm³/mol. The quantitative estimate of drug-likeness (QED) is 0.0282. The van der Waals surface area contributed by atoms with Crippen LogP contribution in [0.1, 0.15) is 290 Å². The van der Waals surface area contributed by atoms with Gasteiger partial charge in [-0.15, -0.1) is 45.3 Å². The van der Waals surface area contributed by atoms with Crippen LogP contribution in [-0.4, -0.2) is 30.5 Å². The summed E-state index contributed by atoms with van der Waals surface area (Å²) in [5.74, 6) is 1.10. The Bertz CT molecular complexity index is 2860. The van der Waals surface area contributed by atoms with E-state index in [2.05, 4.69) is 50.7 Å². The molecule has 77 heavy (non-hydrogen) atoms. The molecule has 0 aliphatic rings. The maximum atomic E-state index is 13.2. The van der Waals surface area contributed by atoms with E-state index in [0.29, 0.717) is 11.8 Å². The zero-order valence-corrected chi connectivity index (χ0v) is 52.9. The number of fused-ring (bicyclic) bond motifs is 14. The summed E-state index contributed by atoms with van der Waals surface area (Å²) in [5.41, 5.74) is 10.1. The summed E-state index contributed by atoms with van der Waals surface area (Å²) < 4.78 is 24.3. The molecule has 7 heterocycles. The Kier molecular flexibility index (Phi) is 24.7. The molecule has 0 fully saturated rings. The third-order valence-electron chi connectivity index (χ3n) is 17.5. The normalized spacial score (nSPS) is 13.2. The highest BCUT2D eigenvalue weighted by molar-refractivity contribution is 7.35. The van der Waals surface area contributed by atoms with Crippen LogP contribution in [0, 0.1) is 11.8 Å². The van der Waals surface area contributed by atoms with E-state index in [-0.39, 0.29) is 0 Å². The van der Waals surface area contributed by atoms with Crippen molar-refractivity contribution in [3.05, 3.63) is 20.9 Å². The molecular weight excluding hydrogens is 1040 g/mol. The first-order valence-electron chi connectivity index (χ1n) is 31.9. The van der Waals surface area contributed by atoms with Crippen LogP contribution in [0.15, 0.2) is 0 Å². The average molecular weight is 1140 g/mol. The largest absolute Gasteiger partial charge is 0.337 e.